The van der Waals surface area contributed by atoms with Crippen molar-refractivity contribution >= 4 is 20.1 Å². The predicted molar refractivity (Wildman–Crippen MR) is 129 cm³/mol. The van der Waals surface area contributed by atoms with Crippen molar-refractivity contribution in [3.8, 4) is 0 Å². The quantitative estimate of drug-likeness (QED) is 0.222. The summed E-state index contributed by atoms with van der Waals surface area (Å²) in [6.45, 7) is 15.3. The zero-order valence-corrected chi connectivity index (χ0v) is 21.7. The van der Waals surface area contributed by atoms with Gasteiger partial charge in [-0.15, -0.1) is 0 Å². The van der Waals surface area contributed by atoms with Gasteiger partial charge in [0.15, 0.2) is 5.78 Å². The summed E-state index contributed by atoms with van der Waals surface area (Å²) >= 11 is 0. The van der Waals surface area contributed by atoms with E-state index in [4.69, 9.17) is 9.16 Å². The summed E-state index contributed by atoms with van der Waals surface area (Å²) in [5, 5.41) is 0. The predicted octanol–water partition coefficient (Wildman–Crippen LogP) is 6.13. The minimum atomic E-state index is -1.87. The highest BCUT2D eigenvalue weighted by molar-refractivity contribution is 6.70. The lowest BCUT2D eigenvalue weighted by molar-refractivity contribution is -0.140. The van der Waals surface area contributed by atoms with Gasteiger partial charge in [0.05, 0.1) is 0 Å². The van der Waals surface area contributed by atoms with Crippen molar-refractivity contribution in [3.05, 3.63) is 46.8 Å². The van der Waals surface area contributed by atoms with E-state index < -0.39 is 8.32 Å². The van der Waals surface area contributed by atoms with Crippen LogP contribution in [0.15, 0.2) is 46.8 Å². The summed E-state index contributed by atoms with van der Waals surface area (Å²) in [4.78, 5) is 23.6. The van der Waals surface area contributed by atoms with Gasteiger partial charge in [-0.25, -0.2) is 0 Å². The molecule has 0 spiro atoms. The first-order chi connectivity index (χ1) is 14.8. The number of carbonyl (C=O) groups is 2. The largest absolute Gasteiger partial charge is 0.545 e. The van der Waals surface area contributed by atoms with Crippen molar-refractivity contribution in [2.75, 3.05) is 6.61 Å². The molecule has 0 N–H and O–H groups in total. The van der Waals surface area contributed by atoms with Gasteiger partial charge in [0.2, 0.25) is 8.32 Å². The molecule has 2 unspecified atom stereocenters. The van der Waals surface area contributed by atoms with Gasteiger partial charge < -0.3 is 9.16 Å². The Bertz CT molecular complexity index is 963. The normalized spacial score (nSPS) is 37.6. The fourth-order valence-electron chi connectivity index (χ4n) is 6.98. The van der Waals surface area contributed by atoms with Crippen LogP contribution >= 0.6 is 0 Å². The summed E-state index contributed by atoms with van der Waals surface area (Å²) in [5.74, 6) is 2.20. The van der Waals surface area contributed by atoms with E-state index in [0.29, 0.717) is 17.8 Å². The van der Waals surface area contributed by atoms with Crippen LogP contribution in [0, 0.1) is 28.6 Å². The van der Waals surface area contributed by atoms with E-state index >= 15 is 0 Å². The topological polar surface area (TPSA) is 52.6 Å². The second-order valence-corrected chi connectivity index (χ2v) is 16.0. The van der Waals surface area contributed by atoms with E-state index in [1.54, 1.807) is 6.08 Å². The molecule has 32 heavy (non-hydrogen) atoms. The summed E-state index contributed by atoms with van der Waals surface area (Å²) in [7, 11) is -1.87. The van der Waals surface area contributed by atoms with Gasteiger partial charge in [-0.1, -0.05) is 37.1 Å². The molecular weight excluding hydrogens is 416 g/mol. The van der Waals surface area contributed by atoms with E-state index in [1.807, 2.05) is 6.08 Å². The smallest absolute Gasteiger partial charge is 0.303 e. The molecule has 0 aromatic rings. The summed E-state index contributed by atoms with van der Waals surface area (Å²) in [5.41, 5.74) is 4.03. The Morgan fingerprint density at radius 1 is 1.25 bits per heavy atom. The Hall–Kier alpha value is -1.88. The molecule has 0 amide bonds. The van der Waals surface area contributed by atoms with Crippen LogP contribution in [0.5, 0.6) is 0 Å². The number of ketones is 1. The minimum Gasteiger partial charge on any atom is -0.545 e. The number of hydrogen-bond acceptors (Lipinski definition) is 4. The van der Waals surface area contributed by atoms with Crippen LogP contribution in [0.2, 0.25) is 19.6 Å². The third-order valence-electron chi connectivity index (χ3n) is 8.19. The van der Waals surface area contributed by atoms with Crippen molar-refractivity contribution in [2.45, 2.75) is 73.0 Å². The Kier molecular flexibility index (Phi) is 5.72. The van der Waals surface area contributed by atoms with Gasteiger partial charge in [0, 0.05) is 12.3 Å². The third-order valence-corrected chi connectivity index (χ3v) is 9.05. The number of allylic oxidation sites excluding steroid dienone is 7. The first-order valence-corrected chi connectivity index (χ1v) is 15.5. The highest BCUT2D eigenvalue weighted by atomic mass is 28.4. The SMILES string of the molecule is CC(=O)OC/C(O[Si](C)(C)C)=C1/[C@H](C)CC2C3CCC4=CC(=O)C=C[C@]4(C)C3=CC[C@]12C. The fourth-order valence-corrected chi connectivity index (χ4v) is 7.89. The van der Waals surface area contributed by atoms with Crippen LogP contribution in [-0.2, 0) is 18.8 Å². The van der Waals surface area contributed by atoms with Crippen molar-refractivity contribution in [2.24, 2.45) is 28.6 Å². The highest BCUT2D eigenvalue weighted by Gasteiger charge is 2.56. The average molecular weight is 455 g/mol. The van der Waals surface area contributed by atoms with Crippen LogP contribution in [-0.4, -0.2) is 26.7 Å². The molecule has 174 valence electrons. The molecular formula is C27H38O4Si. The fraction of sp³-hybridized carbons (Fsp3) is 0.630. The van der Waals surface area contributed by atoms with Crippen LogP contribution < -0.4 is 0 Å². The summed E-state index contributed by atoms with van der Waals surface area (Å²) in [6.07, 6.45) is 12.4. The third kappa shape index (κ3) is 3.87. The van der Waals surface area contributed by atoms with Crippen molar-refractivity contribution < 1.29 is 18.8 Å². The van der Waals surface area contributed by atoms with E-state index in [1.165, 1.54) is 23.6 Å². The maximum absolute atomic E-state index is 12.0. The molecule has 0 radical (unpaired) electrons. The van der Waals surface area contributed by atoms with Gasteiger partial charge in [-0.2, -0.15) is 0 Å². The van der Waals surface area contributed by atoms with Crippen LogP contribution in [0.3, 0.4) is 0 Å². The molecule has 0 heterocycles. The zero-order valence-electron chi connectivity index (χ0n) is 20.7. The molecule has 2 saturated carbocycles. The molecule has 4 aliphatic carbocycles. The maximum Gasteiger partial charge on any atom is 0.303 e. The van der Waals surface area contributed by atoms with Crippen LogP contribution in [0.1, 0.15) is 53.4 Å². The van der Waals surface area contributed by atoms with Crippen molar-refractivity contribution in [3.63, 3.8) is 0 Å². The minimum absolute atomic E-state index is 0.00843. The number of esters is 1. The van der Waals surface area contributed by atoms with Crippen LogP contribution in [0.25, 0.3) is 0 Å². The van der Waals surface area contributed by atoms with Gasteiger partial charge in [-0.05, 0) is 93.1 Å². The molecule has 0 aliphatic heterocycles. The Labute approximate surface area is 194 Å². The standard InChI is InChI=1S/C27H38O4Si/c1-17-14-23-21-9-8-19-15-20(29)10-12-26(19,3)22(21)11-13-27(23,4)25(17)24(16-30-18(2)28)31-32(5,6)7/h10-12,15,17,21,23H,8-9,13-14,16H2,1-7H3/b25-24+/t17-,21?,23?,26+,27+/m1/s1. The van der Waals surface area contributed by atoms with E-state index in [9.17, 15) is 9.59 Å². The zero-order chi connectivity index (χ0) is 23.5. The lowest BCUT2D eigenvalue weighted by Crippen LogP contribution is -2.42. The monoisotopic (exact) mass is 454 g/mol. The second kappa shape index (κ2) is 7.86. The molecule has 4 aliphatic rings. The first-order valence-electron chi connectivity index (χ1n) is 12.1. The van der Waals surface area contributed by atoms with Gasteiger partial charge in [0.1, 0.15) is 12.4 Å². The lowest BCUT2D eigenvalue weighted by Gasteiger charge is -2.51. The molecule has 4 nitrogen and oxygen atoms in total. The molecule has 4 rings (SSSR count). The molecule has 5 heteroatoms. The van der Waals surface area contributed by atoms with Gasteiger partial charge in [0.25, 0.3) is 0 Å². The number of carbonyl (C=O) groups excluding carboxylic acids is 2. The molecule has 5 atom stereocenters. The molecule has 0 bridgehead atoms. The van der Waals surface area contributed by atoms with E-state index in [-0.39, 0.29) is 29.2 Å². The molecule has 0 saturated heterocycles. The Balaban J connectivity index is 1.76. The number of ether oxygens (including phenoxy) is 1. The van der Waals surface area contributed by atoms with E-state index in [0.717, 1.165) is 31.4 Å². The second-order valence-electron chi connectivity index (χ2n) is 11.6. The molecule has 0 aromatic heterocycles. The lowest BCUT2D eigenvalue weighted by atomic mass is 9.53. The maximum atomic E-state index is 12.0. The molecule has 0 aromatic carbocycles. The Morgan fingerprint density at radius 2 is 1.97 bits per heavy atom. The number of hydrogen-bond donors (Lipinski definition) is 0. The average Bonchev–Trinajstić information content (AvgIpc) is 2.95. The van der Waals surface area contributed by atoms with E-state index in [2.05, 4.69) is 52.6 Å². The Morgan fingerprint density at radius 3 is 2.62 bits per heavy atom. The highest BCUT2D eigenvalue weighted by Crippen LogP contribution is 2.65. The first kappa shape index (κ1) is 23.3. The summed E-state index contributed by atoms with van der Waals surface area (Å²) < 4.78 is 12.0. The van der Waals surface area contributed by atoms with Crippen LogP contribution in [0.4, 0.5) is 0 Å². The van der Waals surface area contributed by atoms with Crippen molar-refractivity contribution in [1.29, 1.82) is 0 Å². The summed E-state index contributed by atoms with van der Waals surface area (Å²) in [6, 6.07) is 0. The van der Waals surface area contributed by atoms with Gasteiger partial charge >= 0.3 is 5.97 Å². The molecule has 2 fully saturated rings. The number of rotatable bonds is 4. The van der Waals surface area contributed by atoms with Crippen molar-refractivity contribution in [1.82, 2.24) is 0 Å². The van der Waals surface area contributed by atoms with Gasteiger partial charge in [-0.3, -0.25) is 9.59 Å². The number of fused-ring (bicyclic) bond motifs is 5.